The summed E-state index contributed by atoms with van der Waals surface area (Å²) in [6.07, 6.45) is -0.830. The molecule has 12 heteroatoms. The van der Waals surface area contributed by atoms with Crippen LogP contribution in [0.4, 0.5) is 5.69 Å². The molecule has 0 saturated carbocycles. The number of carbonyl (C=O) groups is 5. The molecule has 0 unspecified atom stereocenters. The normalized spacial score (nSPS) is 23.0. The number of methoxy groups -OCH3 is 1. The highest BCUT2D eigenvalue weighted by molar-refractivity contribution is 6.18. The van der Waals surface area contributed by atoms with E-state index in [1.54, 1.807) is 29.3 Å². The van der Waals surface area contributed by atoms with Crippen LogP contribution in [0.1, 0.15) is 46.4 Å². The maximum absolute atomic E-state index is 15.8. The van der Waals surface area contributed by atoms with Gasteiger partial charge >= 0.3 is 11.9 Å². The standard InChI is InChI=1S/C48H42N4O8/c1-4-35-29-47(45(56)59-40(31-19-9-5-10-20-31)32-21-11-6-12-22-32,46(57)60-41(33-23-13-7-14-24-33)34-25-15-8-16-26-34)52-39-38(42(53)49(2)43(39)54)48(51(35)52)36-27-17-18-28-37(36)50(30-58-3)44(48)55/h4-28,35,38-41H,1,29-30H2,2-3H3/t35-,38-,39+,48+/m1/s1. The third-order valence-electron chi connectivity index (χ3n) is 12.3. The molecule has 5 aromatic carbocycles. The van der Waals surface area contributed by atoms with E-state index in [1.807, 2.05) is 121 Å². The van der Waals surface area contributed by atoms with Crippen LogP contribution >= 0.6 is 0 Å². The Morgan fingerprint density at radius 3 is 1.58 bits per heavy atom. The van der Waals surface area contributed by atoms with E-state index in [9.17, 15) is 9.59 Å². The fourth-order valence-corrected chi connectivity index (χ4v) is 9.66. The Balaban J connectivity index is 1.28. The van der Waals surface area contributed by atoms with E-state index in [0.717, 1.165) is 4.90 Å². The van der Waals surface area contributed by atoms with Crippen LogP contribution in [0.15, 0.2) is 158 Å². The minimum atomic E-state index is -2.44. The van der Waals surface area contributed by atoms with E-state index in [2.05, 4.69) is 6.58 Å². The molecule has 4 heterocycles. The average molecular weight is 803 g/mol. The number of benzene rings is 5. The van der Waals surface area contributed by atoms with Crippen LogP contribution in [0.5, 0.6) is 0 Å². The predicted octanol–water partition coefficient (Wildman–Crippen LogP) is 5.71. The highest BCUT2D eigenvalue weighted by Gasteiger charge is 2.83. The predicted molar refractivity (Wildman–Crippen MR) is 219 cm³/mol. The molecule has 3 fully saturated rings. The summed E-state index contributed by atoms with van der Waals surface area (Å²) in [6, 6.07) is 41.0. The minimum absolute atomic E-state index is 0.166. The number of ether oxygens (including phenoxy) is 3. The van der Waals surface area contributed by atoms with E-state index in [1.165, 1.54) is 30.1 Å². The van der Waals surface area contributed by atoms with Gasteiger partial charge in [-0.15, -0.1) is 6.58 Å². The van der Waals surface area contributed by atoms with Crippen LogP contribution in [0.3, 0.4) is 0 Å². The van der Waals surface area contributed by atoms with Gasteiger partial charge in [0.2, 0.25) is 17.4 Å². The Morgan fingerprint density at radius 2 is 1.13 bits per heavy atom. The number of hydrazine groups is 1. The van der Waals surface area contributed by atoms with E-state index in [-0.39, 0.29) is 13.2 Å². The third kappa shape index (κ3) is 5.59. The van der Waals surface area contributed by atoms with Crippen molar-refractivity contribution in [2.75, 3.05) is 25.8 Å². The second-order valence-electron chi connectivity index (χ2n) is 15.4. The summed E-state index contributed by atoms with van der Waals surface area (Å²) in [4.78, 5) is 78.8. The van der Waals surface area contributed by atoms with E-state index < -0.39 is 70.9 Å². The number of rotatable bonds is 11. The van der Waals surface area contributed by atoms with Gasteiger partial charge in [0.15, 0.2) is 17.7 Å². The zero-order valence-electron chi connectivity index (χ0n) is 33.0. The van der Waals surface area contributed by atoms with Crippen molar-refractivity contribution in [1.82, 2.24) is 14.9 Å². The molecule has 0 aliphatic carbocycles. The maximum atomic E-state index is 15.8. The van der Waals surface area contributed by atoms with Crippen molar-refractivity contribution >= 4 is 35.3 Å². The Labute approximate surface area is 347 Å². The first-order valence-electron chi connectivity index (χ1n) is 19.7. The summed E-state index contributed by atoms with van der Waals surface area (Å²) >= 11 is 0. The number of para-hydroxylation sites is 1. The SMILES string of the molecule is C=C[C@@H]1CC(C(=O)OC(c2ccccc2)c2ccccc2)(C(=O)OC(c2ccccc2)c2ccccc2)N2[C@@H]3C(=O)N(C)C(=O)[C@@H]3[C@@]3(C(=O)N(COC)c4ccccc43)N12. The number of imide groups is 1. The van der Waals surface area contributed by atoms with Crippen LogP contribution < -0.4 is 4.90 Å². The van der Waals surface area contributed by atoms with Crippen molar-refractivity contribution in [3.8, 4) is 0 Å². The fraction of sp³-hybridized carbons (Fsp3) is 0.229. The first-order valence-corrected chi connectivity index (χ1v) is 19.7. The number of likely N-dealkylation sites (N-methyl/N-ethyl adjacent to an activating group) is 1. The molecule has 9 rings (SSSR count). The van der Waals surface area contributed by atoms with Gasteiger partial charge in [-0.1, -0.05) is 146 Å². The molecule has 4 aliphatic rings. The molecule has 0 N–H and O–H groups in total. The number of hydrogen-bond acceptors (Lipinski definition) is 10. The van der Waals surface area contributed by atoms with Crippen LogP contribution in [0.2, 0.25) is 0 Å². The molecule has 0 bridgehead atoms. The van der Waals surface area contributed by atoms with E-state index in [0.29, 0.717) is 33.5 Å². The molecule has 302 valence electrons. The first kappa shape index (κ1) is 38.8. The maximum Gasteiger partial charge on any atom is 0.340 e. The lowest BCUT2D eigenvalue weighted by Crippen LogP contribution is -2.65. The summed E-state index contributed by atoms with van der Waals surface area (Å²) in [5.41, 5.74) is -0.969. The summed E-state index contributed by atoms with van der Waals surface area (Å²) in [6.45, 7) is 3.97. The monoisotopic (exact) mass is 802 g/mol. The van der Waals surface area contributed by atoms with Gasteiger partial charge < -0.3 is 14.2 Å². The van der Waals surface area contributed by atoms with Gasteiger partial charge in [-0.2, -0.15) is 5.01 Å². The molecule has 0 aromatic heterocycles. The molecule has 3 saturated heterocycles. The number of likely N-dealkylation sites (tertiary alicyclic amines) is 1. The van der Waals surface area contributed by atoms with Gasteiger partial charge in [-0.05, 0) is 28.3 Å². The van der Waals surface area contributed by atoms with Crippen LogP contribution in [-0.2, 0) is 43.7 Å². The summed E-state index contributed by atoms with van der Waals surface area (Å²) in [5, 5.41) is 2.90. The molecule has 0 radical (unpaired) electrons. The van der Waals surface area contributed by atoms with Crippen LogP contribution in [0.25, 0.3) is 0 Å². The summed E-state index contributed by atoms with van der Waals surface area (Å²) in [5.74, 6) is -5.34. The molecular weight excluding hydrogens is 761 g/mol. The first-order chi connectivity index (χ1) is 29.2. The number of carbonyl (C=O) groups excluding carboxylic acids is 5. The van der Waals surface area contributed by atoms with Gasteiger partial charge in [0.1, 0.15) is 12.8 Å². The summed E-state index contributed by atoms with van der Waals surface area (Å²) in [7, 11) is 2.80. The largest absolute Gasteiger partial charge is 0.451 e. The average Bonchev–Trinajstić information content (AvgIpc) is 3.95. The molecule has 4 atom stereocenters. The molecule has 1 spiro atoms. The lowest BCUT2D eigenvalue weighted by Gasteiger charge is -2.41. The Bertz CT molecular complexity index is 2310. The molecule has 60 heavy (non-hydrogen) atoms. The van der Waals surface area contributed by atoms with E-state index >= 15 is 14.4 Å². The molecule has 4 aliphatic heterocycles. The van der Waals surface area contributed by atoms with Gasteiger partial charge in [-0.25, -0.2) is 14.6 Å². The molecule has 3 amide bonds. The number of amides is 3. The second-order valence-corrected chi connectivity index (χ2v) is 15.4. The van der Waals surface area contributed by atoms with Gasteiger partial charge in [0.25, 0.3) is 5.91 Å². The van der Waals surface area contributed by atoms with Crippen molar-refractivity contribution in [2.24, 2.45) is 5.92 Å². The highest BCUT2D eigenvalue weighted by atomic mass is 16.6. The van der Waals surface area contributed by atoms with Gasteiger partial charge in [0, 0.05) is 32.2 Å². The minimum Gasteiger partial charge on any atom is -0.451 e. The van der Waals surface area contributed by atoms with E-state index in [4.69, 9.17) is 14.2 Å². The second kappa shape index (κ2) is 15.1. The third-order valence-corrected chi connectivity index (χ3v) is 12.3. The lowest BCUT2D eigenvalue weighted by atomic mass is 9.75. The van der Waals surface area contributed by atoms with Crippen molar-refractivity contribution in [3.05, 3.63) is 186 Å². The van der Waals surface area contributed by atoms with Crippen LogP contribution in [0, 0.1) is 5.92 Å². The molecule has 12 nitrogen and oxygen atoms in total. The van der Waals surface area contributed by atoms with Crippen molar-refractivity contribution in [1.29, 1.82) is 0 Å². The smallest absolute Gasteiger partial charge is 0.340 e. The zero-order valence-corrected chi connectivity index (χ0v) is 33.0. The highest BCUT2D eigenvalue weighted by Crippen LogP contribution is 2.63. The number of nitrogens with zero attached hydrogens (tertiary/aromatic N) is 4. The topological polar surface area (TPSA) is 126 Å². The zero-order chi connectivity index (χ0) is 41.8. The number of anilines is 1. The van der Waals surface area contributed by atoms with Crippen molar-refractivity contribution < 1.29 is 38.2 Å². The quantitative estimate of drug-likeness (QED) is 0.0710. The van der Waals surface area contributed by atoms with Crippen LogP contribution in [-0.4, -0.2) is 83.1 Å². The van der Waals surface area contributed by atoms with Gasteiger partial charge in [-0.3, -0.25) is 24.2 Å². The molecular formula is C48H42N4O8. The fourth-order valence-electron chi connectivity index (χ4n) is 9.66. The van der Waals surface area contributed by atoms with Gasteiger partial charge in [0.05, 0.1) is 11.6 Å². The Morgan fingerprint density at radius 1 is 0.683 bits per heavy atom. The Kier molecular flexibility index (Phi) is 9.78. The van der Waals surface area contributed by atoms with Crippen molar-refractivity contribution in [2.45, 2.75) is 41.8 Å². The number of fused-ring (bicyclic) bond motifs is 7. The van der Waals surface area contributed by atoms with Crippen molar-refractivity contribution in [3.63, 3.8) is 0 Å². The molecule has 5 aromatic rings. The lowest BCUT2D eigenvalue weighted by molar-refractivity contribution is -0.192. The summed E-state index contributed by atoms with van der Waals surface area (Å²) < 4.78 is 18.7. The Hall–Kier alpha value is -6.73. The number of esters is 2. The number of hydrogen-bond donors (Lipinski definition) is 0.